The summed E-state index contributed by atoms with van der Waals surface area (Å²) in [5, 5.41) is 11.2. The third-order valence-corrected chi connectivity index (χ3v) is 5.50. The Hall–Kier alpha value is -2.38. The normalized spacial score (nSPS) is 15.4. The topological polar surface area (TPSA) is 72.7 Å². The first-order chi connectivity index (χ1) is 14.6. The number of aromatic nitrogens is 2. The fourth-order valence-electron chi connectivity index (χ4n) is 3.63. The van der Waals surface area contributed by atoms with Crippen LogP contribution in [0.1, 0.15) is 47.8 Å². The summed E-state index contributed by atoms with van der Waals surface area (Å²) in [7, 11) is 1.98. The van der Waals surface area contributed by atoms with Gasteiger partial charge in [0.2, 0.25) is 0 Å². The minimum Gasteiger partial charge on any atom is -0.381 e. The van der Waals surface area contributed by atoms with Crippen LogP contribution in [0.15, 0.2) is 29.3 Å². The van der Waals surface area contributed by atoms with Crippen molar-refractivity contribution in [2.75, 3.05) is 19.8 Å². The van der Waals surface area contributed by atoms with E-state index in [4.69, 9.17) is 14.5 Å². The van der Waals surface area contributed by atoms with E-state index in [0.717, 1.165) is 44.3 Å². The third-order valence-electron chi connectivity index (χ3n) is 5.50. The van der Waals surface area contributed by atoms with Crippen molar-refractivity contribution in [2.24, 2.45) is 12.0 Å². The maximum Gasteiger partial charge on any atom is 0.191 e. The molecule has 1 aromatic carbocycles. The van der Waals surface area contributed by atoms with Crippen molar-refractivity contribution in [2.45, 2.75) is 59.4 Å². The van der Waals surface area contributed by atoms with E-state index in [0.29, 0.717) is 25.8 Å². The monoisotopic (exact) mass is 413 g/mol. The average Bonchev–Trinajstić information content (AvgIpc) is 3.01. The number of rotatable bonds is 8. The Morgan fingerprint density at radius 1 is 1.23 bits per heavy atom. The fourth-order valence-corrected chi connectivity index (χ4v) is 3.63. The van der Waals surface area contributed by atoms with Gasteiger partial charge in [-0.1, -0.05) is 24.3 Å². The molecule has 1 aliphatic heterocycles. The average molecular weight is 414 g/mol. The standard InChI is InChI=1S/C23H35N5O2/c1-5-24-23(26-15-22-17(2)27-28(4)18(22)3)25-14-19-7-6-8-20(13-19)16-30-21-9-11-29-12-10-21/h6-8,13,21H,5,9-12,14-16H2,1-4H3,(H2,24,25,26). The summed E-state index contributed by atoms with van der Waals surface area (Å²) < 4.78 is 13.4. The lowest BCUT2D eigenvalue weighted by Crippen LogP contribution is -2.37. The van der Waals surface area contributed by atoms with Crippen LogP contribution in [-0.4, -0.2) is 41.6 Å². The molecule has 7 nitrogen and oxygen atoms in total. The number of ether oxygens (including phenoxy) is 2. The molecule has 3 rings (SSSR count). The zero-order chi connectivity index (χ0) is 21.3. The minimum absolute atomic E-state index is 0.310. The van der Waals surface area contributed by atoms with E-state index in [-0.39, 0.29) is 0 Å². The van der Waals surface area contributed by atoms with Gasteiger partial charge in [-0.05, 0) is 44.7 Å². The van der Waals surface area contributed by atoms with E-state index in [1.807, 2.05) is 18.7 Å². The molecule has 2 aromatic rings. The Balaban J connectivity index is 1.57. The highest BCUT2D eigenvalue weighted by Crippen LogP contribution is 2.15. The maximum atomic E-state index is 6.05. The first-order valence-corrected chi connectivity index (χ1v) is 10.8. The summed E-state index contributed by atoms with van der Waals surface area (Å²) in [6.45, 7) is 10.6. The van der Waals surface area contributed by atoms with Gasteiger partial charge in [-0.25, -0.2) is 4.99 Å². The van der Waals surface area contributed by atoms with Gasteiger partial charge in [0.1, 0.15) is 0 Å². The van der Waals surface area contributed by atoms with E-state index >= 15 is 0 Å². The summed E-state index contributed by atoms with van der Waals surface area (Å²) in [6, 6.07) is 8.49. The van der Waals surface area contributed by atoms with Crippen molar-refractivity contribution in [3.63, 3.8) is 0 Å². The van der Waals surface area contributed by atoms with E-state index in [1.54, 1.807) is 0 Å². The molecule has 1 aromatic heterocycles. The van der Waals surface area contributed by atoms with Crippen molar-refractivity contribution in [3.05, 3.63) is 52.3 Å². The zero-order valence-corrected chi connectivity index (χ0v) is 18.7. The molecule has 7 heteroatoms. The number of benzene rings is 1. The van der Waals surface area contributed by atoms with Crippen LogP contribution in [0.25, 0.3) is 0 Å². The fraction of sp³-hybridized carbons (Fsp3) is 0.565. The van der Waals surface area contributed by atoms with Crippen LogP contribution in [0.2, 0.25) is 0 Å². The van der Waals surface area contributed by atoms with Crippen LogP contribution >= 0.6 is 0 Å². The molecule has 0 unspecified atom stereocenters. The zero-order valence-electron chi connectivity index (χ0n) is 18.7. The Morgan fingerprint density at radius 3 is 2.70 bits per heavy atom. The molecule has 0 bridgehead atoms. The van der Waals surface area contributed by atoms with Crippen LogP contribution < -0.4 is 10.6 Å². The first-order valence-electron chi connectivity index (χ1n) is 10.8. The summed E-state index contributed by atoms with van der Waals surface area (Å²) in [5.41, 5.74) is 5.81. The summed E-state index contributed by atoms with van der Waals surface area (Å²) in [4.78, 5) is 4.77. The highest BCUT2D eigenvalue weighted by atomic mass is 16.5. The second-order valence-electron chi connectivity index (χ2n) is 7.76. The van der Waals surface area contributed by atoms with Gasteiger partial charge < -0.3 is 20.1 Å². The Morgan fingerprint density at radius 2 is 2.00 bits per heavy atom. The highest BCUT2D eigenvalue weighted by Gasteiger charge is 2.14. The second kappa shape index (κ2) is 11.1. The lowest BCUT2D eigenvalue weighted by Gasteiger charge is -2.22. The van der Waals surface area contributed by atoms with Gasteiger partial charge >= 0.3 is 0 Å². The van der Waals surface area contributed by atoms with Gasteiger partial charge in [-0.2, -0.15) is 5.10 Å². The molecule has 1 saturated heterocycles. The molecule has 164 valence electrons. The molecule has 1 aliphatic rings. The second-order valence-corrected chi connectivity index (χ2v) is 7.76. The van der Waals surface area contributed by atoms with Crippen LogP contribution in [0, 0.1) is 13.8 Å². The molecule has 0 radical (unpaired) electrons. The van der Waals surface area contributed by atoms with Gasteiger partial charge in [0.05, 0.1) is 24.9 Å². The lowest BCUT2D eigenvalue weighted by atomic mass is 10.1. The quantitative estimate of drug-likeness (QED) is 0.514. The van der Waals surface area contributed by atoms with Gasteiger partial charge in [0.25, 0.3) is 0 Å². The molecule has 0 saturated carbocycles. The van der Waals surface area contributed by atoms with Crippen LogP contribution in [0.4, 0.5) is 0 Å². The smallest absolute Gasteiger partial charge is 0.191 e. The third kappa shape index (κ3) is 6.31. The number of aliphatic imine (C=N–C) groups is 1. The van der Waals surface area contributed by atoms with Crippen molar-refractivity contribution < 1.29 is 9.47 Å². The maximum absolute atomic E-state index is 6.05. The van der Waals surface area contributed by atoms with Crippen molar-refractivity contribution in [1.82, 2.24) is 20.4 Å². The van der Waals surface area contributed by atoms with Crippen LogP contribution in [-0.2, 0) is 36.2 Å². The van der Waals surface area contributed by atoms with E-state index in [9.17, 15) is 0 Å². The SMILES string of the molecule is CCNC(=NCc1cccc(COC2CCOCC2)c1)NCc1c(C)nn(C)c1C. The molecule has 2 N–H and O–H groups in total. The summed E-state index contributed by atoms with van der Waals surface area (Å²) in [6.07, 6.45) is 2.28. The van der Waals surface area contributed by atoms with E-state index < -0.39 is 0 Å². The van der Waals surface area contributed by atoms with Gasteiger partial charge in [-0.15, -0.1) is 0 Å². The number of nitrogens with zero attached hydrogens (tertiary/aromatic N) is 3. The van der Waals surface area contributed by atoms with Gasteiger partial charge in [-0.3, -0.25) is 4.68 Å². The molecular weight excluding hydrogens is 378 g/mol. The van der Waals surface area contributed by atoms with Crippen molar-refractivity contribution >= 4 is 5.96 Å². The molecule has 0 spiro atoms. The Kier molecular flexibility index (Phi) is 8.28. The molecule has 30 heavy (non-hydrogen) atoms. The minimum atomic E-state index is 0.310. The lowest BCUT2D eigenvalue weighted by molar-refractivity contribution is -0.0390. The molecule has 1 fully saturated rings. The summed E-state index contributed by atoms with van der Waals surface area (Å²) in [5.74, 6) is 0.809. The first kappa shape index (κ1) is 22.3. The van der Waals surface area contributed by atoms with Gasteiger partial charge in [0.15, 0.2) is 5.96 Å². The van der Waals surface area contributed by atoms with E-state index in [1.165, 1.54) is 22.4 Å². The summed E-state index contributed by atoms with van der Waals surface area (Å²) >= 11 is 0. The molecule has 2 heterocycles. The van der Waals surface area contributed by atoms with Crippen LogP contribution in [0.5, 0.6) is 0 Å². The highest BCUT2D eigenvalue weighted by molar-refractivity contribution is 5.79. The predicted octanol–water partition coefficient (Wildman–Crippen LogP) is 2.99. The Bertz CT molecular complexity index is 840. The number of hydrogen-bond donors (Lipinski definition) is 2. The molecule has 0 atom stereocenters. The predicted molar refractivity (Wildman–Crippen MR) is 119 cm³/mol. The molecule has 0 amide bonds. The van der Waals surface area contributed by atoms with E-state index in [2.05, 4.69) is 53.8 Å². The van der Waals surface area contributed by atoms with Crippen LogP contribution in [0.3, 0.4) is 0 Å². The largest absolute Gasteiger partial charge is 0.381 e. The van der Waals surface area contributed by atoms with Crippen molar-refractivity contribution in [3.8, 4) is 0 Å². The number of nitrogens with one attached hydrogen (secondary N) is 2. The van der Waals surface area contributed by atoms with Gasteiger partial charge in [0, 0.05) is 44.6 Å². The number of hydrogen-bond acceptors (Lipinski definition) is 4. The van der Waals surface area contributed by atoms with Crippen molar-refractivity contribution in [1.29, 1.82) is 0 Å². The Labute approximate surface area is 179 Å². The molecular formula is C23H35N5O2. The number of guanidine groups is 1. The molecule has 0 aliphatic carbocycles. The number of aryl methyl sites for hydroxylation is 2.